The van der Waals surface area contributed by atoms with E-state index in [1.54, 1.807) is 0 Å². The first-order chi connectivity index (χ1) is 28.3. The number of rotatable bonds is 4. The summed E-state index contributed by atoms with van der Waals surface area (Å²) in [4.78, 5) is 0. The van der Waals surface area contributed by atoms with Gasteiger partial charge in [0.1, 0.15) is 0 Å². The third-order valence-electron chi connectivity index (χ3n) is 12.0. The van der Waals surface area contributed by atoms with Crippen molar-refractivity contribution in [1.82, 2.24) is 0 Å². The van der Waals surface area contributed by atoms with Crippen LogP contribution < -0.4 is 0 Å². The third kappa shape index (κ3) is 4.93. The Hall–Kier alpha value is -6.76. The maximum absolute atomic E-state index is 2.51. The van der Waals surface area contributed by atoms with Crippen molar-refractivity contribution in [2.45, 2.75) is 0 Å². The molecule has 1 heteroatoms. The zero-order chi connectivity index (χ0) is 37.5. The van der Waals surface area contributed by atoms with E-state index in [0.717, 1.165) is 0 Å². The molecule has 0 unspecified atom stereocenters. The van der Waals surface area contributed by atoms with Crippen LogP contribution in [0.15, 0.2) is 206 Å². The Morgan fingerprint density at radius 2 is 0.684 bits per heavy atom. The van der Waals surface area contributed by atoms with E-state index in [4.69, 9.17) is 0 Å². The average Bonchev–Trinajstić information content (AvgIpc) is 3.66. The van der Waals surface area contributed by atoms with Crippen LogP contribution in [0.3, 0.4) is 0 Å². The van der Waals surface area contributed by atoms with Crippen LogP contribution in [0.25, 0.3) is 118 Å². The fourth-order valence-electron chi connectivity index (χ4n) is 9.70. The summed E-state index contributed by atoms with van der Waals surface area (Å²) in [6, 6.07) is 76.8. The van der Waals surface area contributed by atoms with Gasteiger partial charge in [-0.05, 0) is 0 Å². The van der Waals surface area contributed by atoms with Crippen molar-refractivity contribution in [2.75, 3.05) is 0 Å². The van der Waals surface area contributed by atoms with Crippen molar-refractivity contribution >= 4 is 87.7 Å². The van der Waals surface area contributed by atoms with Gasteiger partial charge in [0.25, 0.3) is 0 Å². The molecule has 0 N–H and O–H groups in total. The molecular weight excluding hydrogens is 752 g/mol. The molecule has 0 aliphatic heterocycles. The topological polar surface area (TPSA) is 0 Å². The molecule has 0 amide bonds. The molecule has 1 heterocycles. The normalized spacial score (nSPS) is 11.9. The van der Waals surface area contributed by atoms with Crippen LogP contribution in [0.5, 0.6) is 0 Å². The van der Waals surface area contributed by atoms with E-state index in [-0.39, 0.29) is 14.5 Å². The second-order valence-electron chi connectivity index (χ2n) is 15.1. The van der Waals surface area contributed by atoms with Crippen LogP contribution in [0.4, 0.5) is 0 Å². The molecule has 11 aromatic carbocycles. The van der Waals surface area contributed by atoms with Gasteiger partial charge < -0.3 is 0 Å². The SMILES string of the molecule is c1ccc(-c2c3ccccc3c(-c3cccc4[se]c5cc(-c6c7ccccc7c(-c7cccc8ccccc78)c7ccccc67)ccc5c34)c3ccccc23)cc1. The summed E-state index contributed by atoms with van der Waals surface area (Å²) in [5, 5.41) is 15.6. The summed E-state index contributed by atoms with van der Waals surface area (Å²) in [6.07, 6.45) is 0. The first-order valence-electron chi connectivity index (χ1n) is 19.7. The molecule has 57 heavy (non-hydrogen) atoms. The summed E-state index contributed by atoms with van der Waals surface area (Å²) in [5.74, 6) is 0. The number of benzene rings is 11. The average molecular weight is 786 g/mol. The number of hydrogen-bond donors (Lipinski definition) is 0. The molecule has 264 valence electrons. The van der Waals surface area contributed by atoms with Gasteiger partial charge in [0.2, 0.25) is 0 Å². The number of hydrogen-bond acceptors (Lipinski definition) is 0. The standard InChI is InChI=1S/C56H34Se/c1-2-17-36(18-3-1)52-40-21-6-12-27-46(40)55(47-28-13-7-22-41(47)52)49-30-15-31-50-56(49)48-33-32-37(34-51(48)57-50)53-42-23-8-10-25-44(42)54(45-26-11-9-24-43(45)53)39-29-14-19-35-16-4-5-20-38(35)39/h1-34H. The molecule has 0 radical (unpaired) electrons. The molecule has 0 saturated carbocycles. The van der Waals surface area contributed by atoms with E-state index < -0.39 is 0 Å². The van der Waals surface area contributed by atoms with Crippen molar-refractivity contribution in [3.05, 3.63) is 206 Å². The molecule has 0 saturated heterocycles. The molecule has 0 aliphatic carbocycles. The van der Waals surface area contributed by atoms with E-state index in [1.807, 2.05) is 0 Å². The maximum atomic E-state index is 2.51. The van der Waals surface area contributed by atoms with Crippen molar-refractivity contribution in [3.8, 4) is 44.5 Å². The fraction of sp³-hybridized carbons (Fsp3) is 0. The molecule has 12 rings (SSSR count). The van der Waals surface area contributed by atoms with Gasteiger partial charge in [0.05, 0.1) is 0 Å². The van der Waals surface area contributed by atoms with Gasteiger partial charge >= 0.3 is 338 Å². The predicted octanol–water partition coefficient (Wildman–Crippen LogP) is 15.5. The minimum atomic E-state index is 0.167. The second kappa shape index (κ2) is 12.9. The van der Waals surface area contributed by atoms with E-state index >= 15 is 0 Å². The Balaban J connectivity index is 1.11. The van der Waals surface area contributed by atoms with Gasteiger partial charge in [-0.1, -0.05) is 0 Å². The van der Waals surface area contributed by atoms with Gasteiger partial charge in [-0.15, -0.1) is 0 Å². The van der Waals surface area contributed by atoms with E-state index in [2.05, 4.69) is 206 Å². The molecule has 0 atom stereocenters. The molecule has 0 aliphatic rings. The van der Waals surface area contributed by atoms with Crippen molar-refractivity contribution in [2.24, 2.45) is 0 Å². The van der Waals surface area contributed by atoms with Crippen LogP contribution in [0, 0.1) is 0 Å². The molecular formula is C56H34Se. The van der Waals surface area contributed by atoms with Crippen LogP contribution in [-0.4, -0.2) is 14.5 Å². The zero-order valence-electron chi connectivity index (χ0n) is 31.0. The van der Waals surface area contributed by atoms with Crippen molar-refractivity contribution in [3.63, 3.8) is 0 Å². The van der Waals surface area contributed by atoms with Crippen LogP contribution in [0.1, 0.15) is 0 Å². The Morgan fingerprint density at radius 1 is 0.246 bits per heavy atom. The van der Waals surface area contributed by atoms with Crippen molar-refractivity contribution in [1.29, 1.82) is 0 Å². The molecule has 0 bridgehead atoms. The molecule has 12 aromatic rings. The van der Waals surface area contributed by atoms with Crippen LogP contribution in [0.2, 0.25) is 0 Å². The molecule has 0 nitrogen and oxygen atoms in total. The van der Waals surface area contributed by atoms with Gasteiger partial charge in [0, 0.05) is 0 Å². The van der Waals surface area contributed by atoms with Crippen LogP contribution in [-0.2, 0) is 0 Å². The summed E-state index contributed by atoms with van der Waals surface area (Å²) < 4.78 is 2.90. The summed E-state index contributed by atoms with van der Waals surface area (Å²) in [6.45, 7) is 0. The van der Waals surface area contributed by atoms with E-state index in [0.29, 0.717) is 0 Å². The quantitative estimate of drug-likeness (QED) is 0.123. The molecule has 1 aromatic heterocycles. The Kier molecular flexibility index (Phi) is 7.35. The summed E-state index contributed by atoms with van der Waals surface area (Å²) in [5.41, 5.74) is 10.4. The Morgan fingerprint density at radius 3 is 1.28 bits per heavy atom. The summed E-state index contributed by atoms with van der Waals surface area (Å²) in [7, 11) is 0. The Bertz CT molecular complexity index is 3450. The zero-order valence-corrected chi connectivity index (χ0v) is 32.8. The first kappa shape index (κ1) is 32.5. The monoisotopic (exact) mass is 786 g/mol. The van der Waals surface area contributed by atoms with Crippen molar-refractivity contribution < 1.29 is 0 Å². The van der Waals surface area contributed by atoms with E-state index in [1.165, 1.54) is 118 Å². The van der Waals surface area contributed by atoms with Crippen LogP contribution >= 0.6 is 0 Å². The third-order valence-corrected chi connectivity index (χ3v) is 14.4. The first-order valence-corrected chi connectivity index (χ1v) is 21.4. The molecule has 0 spiro atoms. The molecule has 0 fully saturated rings. The van der Waals surface area contributed by atoms with Gasteiger partial charge in [-0.25, -0.2) is 0 Å². The second-order valence-corrected chi connectivity index (χ2v) is 17.3. The van der Waals surface area contributed by atoms with Gasteiger partial charge in [-0.3, -0.25) is 0 Å². The van der Waals surface area contributed by atoms with Gasteiger partial charge in [0.15, 0.2) is 0 Å². The Labute approximate surface area is 336 Å². The summed E-state index contributed by atoms with van der Waals surface area (Å²) >= 11 is 0.167. The predicted molar refractivity (Wildman–Crippen MR) is 248 cm³/mol. The van der Waals surface area contributed by atoms with E-state index in [9.17, 15) is 0 Å². The minimum absolute atomic E-state index is 0.167. The number of fused-ring (bicyclic) bond motifs is 8. The fourth-order valence-corrected chi connectivity index (χ4v) is 12.2. The van der Waals surface area contributed by atoms with Gasteiger partial charge in [-0.2, -0.15) is 0 Å².